The minimum Gasteiger partial charge on any atom is -0.287 e. The van der Waals surface area contributed by atoms with Crippen LogP contribution in [0, 0.1) is 0 Å². The lowest BCUT2D eigenvalue weighted by molar-refractivity contribution is -0.137. The number of halogens is 3. The Labute approximate surface area is 157 Å². The number of nitrogens with zero attached hydrogens (tertiary/aromatic N) is 4. The molecule has 140 valence electrons. The number of rotatable bonds is 3. The molecule has 0 bridgehead atoms. The Balaban J connectivity index is 1.84. The minimum atomic E-state index is -4.48. The van der Waals surface area contributed by atoms with Crippen LogP contribution in [0.15, 0.2) is 83.9 Å². The summed E-state index contributed by atoms with van der Waals surface area (Å²) in [5.74, 6) is 0. The van der Waals surface area contributed by atoms with Crippen LogP contribution < -0.4 is 5.43 Å². The Kier molecular flexibility index (Phi) is 4.31. The molecule has 0 spiro atoms. The number of hydrogen-bond donors (Lipinski definition) is 0. The molecule has 4 aromatic rings. The van der Waals surface area contributed by atoms with Crippen molar-refractivity contribution in [1.82, 2.24) is 19.6 Å². The van der Waals surface area contributed by atoms with Gasteiger partial charge in [-0.2, -0.15) is 23.4 Å². The van der Waals surface area contributed by atoms with Gasteiger partial charge in [0, 0.05) is 12.3 Å². The van der Waals surface area contributed by atoms with E-state index in [0.717, 1.165) is 17.8 Å². The lowest BCUT2D eigenvalue weighted by Gasteiger charge is -2.12. The molecule has 2 heterocycles. The molecule has 0 saturated heterocycles. The molecular weight excluding hydrogens is 369 g/mol. The van der Waals surface area contributed by atoms with Crippen molar-refractivity contribution in [3.05, 3.63) is 94.9 Å². The molecule has 0 radical (unpaired) electrons. The lowest BCUT2D eigenvalue weighted by atomic mass is 10.2. The van der Waals surface area contributed by atoms with Gasteiger partial charge in [0.25, 0.3) is 0 Å². The summed E-state index contributed by atoms with van der Waals surface area (Å²) in [5, 5.41) is 8.45. The van der Waals surface area contributed by atoms with Gasteiger partial charge in [0.2, 0.25) is 5.43 Å². The standard InChI is InChI=1S/C20H13F3N4O/c21-20(22,23)14-5-4-8-16(13-14)27-17(9-11-24-27)19-18(28)10-12-26(25-19)15-6-2-1-3-7-15/h1-13H. The molecular formula is C20H13F3N4O. The second-order valence-electron chi connectivity index (χ2n) is 5.99. The molecule has 2 aromatic heterocycles. The van der Waals surface area contributed by atoms with Gasteiger partial charge in [-0.15, -0.1) is 0 Å². The zero-order valence-corrected chi connectivity index (χ0v) is 14.3. The van der Waals surface area contributed by atoms with Gasteiger partial charge in [-0.05, 0) is 36.4 Å². The smallest absolute Gasteiger partial charge is 0.287 e. The molecule has 8 heteroatoms. The number of hydrogen-bond acceptors (Lipinski definition) is 3. The van der Waals surface area contributed by atoms with Gasteiger partial charge >= 0.3 is 6.18 Å². The molecule has 0 N–H and O–H groups in total. The van der Waals surface area contributed by atoms with Crippen molar-refractivity contribution in [2.45, 2.75) is 6.18 Å². The second-order valence-corrected chi connectivity index (χ2v) is 5.99. The number of alkyl halides is 3. The zero-order valence-electron chi connectivity index (χ0n) is 14.3. The number of para-hydroxylation sites is 1. The highest BCUT2D eigenvalue weighted by atomic mass is 19.4. The van der Waals surface area contributed by atoms with Crippen LogP contribution in [0.3, 0.4) is 0 Å². The van der Waals surface area contributed by atoms with Crippen LogP contribution in [0.2, 0.25) is 0 Å². The first-order valence-corrected chi connectivity index (χ1v) is 8.31. The van der Waals surface area contributed by atoms with E-state index in [2.05, 4.69) is 10.2 Å². The topological polar surface area (TPSA) is 52.7 Å². The fourth-order valence-electron chi connectivity index (χ4n) is 2.81. The Hall–Kier alpha value is -3.68. The fourth-order valence-corrected chi connectivity index (χ4v) is 2.81. The predicted octanol–water partition coefficient (Wildman–Crippen LogP) is 4.10. The monoisotopic (exact) mass is 382 g/mol. The molecule has 28 heavy (non-hydrogen) atoms. The molecule has 0 aliphatic carbocycles. The third-order valence-corrected chi connectivity index (χ3v) is 4.13. The fraction of sp³-hybridized carbons (Fsp3) is 0.0500. The van der Waals surface area contributed by atoms with Crippen LogP contribution in [0.25, 0.3) is 22.8 Å². The van der Waals surface area contributed by atoms with Crippen molar-refractivity contribution in [1.29, 1.82) is 0 Å². The number of benzene rings is 2. The molecule has 2 aromatic carbocycles. The predicted molar refractivity (Wildman–Crippen MR) is 97.4 cm³/mol. The van der Waals surface area contributed by atoms with Gasteiger partial charge in [0.1, 0.15) is 0 Å². The van der Waals surface area contributed by atoms with Crippen molar-refractivity contribution in [3.63, 3.8) is 0 Å². The van der Waals surface area contributed by atoms with E-state index in [0.29, 0.717) is 5.69 Å². The highest BCUT2D eigenvalue weighted by molar-refractivity contribution is 5.57. The van der Waals surface area contributed by atoms with Crippen LogP contribution in [-0.4, -0.2) is 19.6 Å². The Morgan fingerprint density at radius 1 is 0.857 bits per heavy atom. The zero-order chi connectivity index (χ0) is 19.7. The summed E-state index contributed by atoms with van der Waals surface area (Å²) in [5.41, 5.74) is 0.158. The van der Waals surface area contributed by atoms with Gasteiger partial charge in [-0.3, -0.25) is 4.79 Å². The van der Waals surface area contributed by atoms with Gasteiger partial charge < -0.3 is 0 Å². The molecule has 0 atom stereocenters. The third kappa shape index (κ3) is 3.32. The van der Waals surface area contributed by atoms with Gasteiger partial charge in [-0.1, -0.05) is 24.3 Å². The first-order valence-electron chi connectivity index (χ1n) is 8.31. The van der Waals surface area contributed by atoms with Crippen LogP contribution in [0.1, 0.15) is 5.56 Å². The van der Waals surface area contributed by atoms with E-state index >= 15 is 0 Å². The maximum absolute atomic E-state index is 13.0. The van der Waals surface area contributed by atoms with Gasteiger partial charge in [0.15, 0.2) is 5.69 Å². The van der Waals surface area contributed by atoms with E-state index in [1.807, 2.05) is 30.3 Å². The van der Waals surface area contributed by atoms with Crippen molar-refractivity contribution in [2.24, 2.45) is 0 Å². The Morgan fingerprint density at radius 2 is 1.61 bits per heavy atom. The van der Waals surface area contributed by atoms with Crippen LogP contribution in [0.4, 0.5) is 13.2 Å². The molecule has 0 aliphatic heterocycles. The summed E-state index contributed by atoms with van der Waals surface area (Å²) in [7, 11) is 0. The molecule has 0 unspecified atom stereocenters. The SMILES string of the molecule is O=c1ccn(-c2ccccc2)nc1-c1ccnn1-c1cccc(C(F)(F)F)c1. The van der Waals surface area contributed by atoms with Gasteiger partial charge in [0.05, 0.1) is 28.8 Å². The van der Waals surface area contributed by atoms with Crippen molar-refractivity contribution >= 4 is 0 Å². The van der Waals surface area contributed by atoms with Crippen LogP contribution in [0.5, 0.6) is 0 Å². The third-order valence-electron chi connectivity index (χ3n) is 4.13. The van der Waals surface area contributed by atoms with Crippen molar-refractivity contribution in [3.8, 4) is 22.8 Å². The maximum Gasteiger partial charge on any atom is 0.416 e. The summed E-state index contributed by atoms with van der Waals surface area (Å²) in [6.45, 7) is 0. The first kappa shape index (κ1) is 17.7. The average molecular weight is 382 g/mol. The molecule has 4 rings (SSSR count). The lowest BCUT2D eigenvalue weighted by Crippen LogP contribution is -2.15. The van der Waals surface area contributed by atoms with E-state index in [4.69, 9.17) is 0 Å². The molecule has 0 saturated carbocycles. The highest BCUT2D eigenvalue weighted by Crippen LogP contribution is 2.31. The normalized spacial score (nSPS) is 11.5. The summed E-state index contributed by atoms with van der Waals surface area (Å²) < 4.78 is 41.9. The summed E-state index contributed by atoms with van der Waals surface area (Å²) >= 11 is 0. The second kappa shape index (κ2) is 6.80. The van der Waals surface area contributed by atoms with E-state index in [-0.39, 0.29) is 16.8 Å². The summed E-state index contributed by atoms with van der Waals surface area (Å²) in [6.07, 6.45) is -1.53. The minimum absolute atomic E-state index is 0.0845. The number of aromatic nitrogens is 4. The van der Waals surface area contributed by atoms with E-state index in [9.17, 15) is 18.0 Å². The van der Waals surface area contributed by atoms with Crippen LogP contribution in [-0.2, 0) is 6.18 Å². The van der Waals surface area contributed by atoms with Crippen molar-refractivity contribution < 1.29 is 13.2 Å². The highest BCUT2D eigenvalue weighted by Gasteiger charge is 2.30. The van der Waals surface area contributed by atoms with Crippen LogP contribution >= 0.6 is 0 Å². The quantitative estimate of drug-likeness (QED) is 0.536. The van der Waals surface area contributed by atoms with Crippen molar-refractivity contribution in [2.75, 3.05) is 0 Å². The summed E-state index contributed by atoms with van der Waals surface area (Å²) in [6, 6.07) is 16.8. The Morgan fingerprint density at radius 3 is 2.36 bits per heavy atom. The van der Waals surface area contributed by atoms with E-state index in [1.165, 1.54) is 40.0 Å². The van der Waals surface area contributed by atoms with Gasteiger partial charge in [-0.25, -0.2) is 9.36 Å². The van der Waals surface area contributed by atoms with E-state index < -0.39 is 11.7 Å². The summed E-state index contributed by atoms with van der Waals surface area (Å²) in [4.78, 5) is 12.4. The molecule has 0 amide bonds. The Bertz CT molecular complexity index is 1180. The molecule has 5 nitrogen and oxygen atoms in total. The molecule has 0 aliphatic rings. The largest absolute Gasteiger partial charge is 0.416 e. The first-order chi connectivity index (χ1) is 13.4. The maximum atomic E-state index is 13.0. The molecule has 0 fully saturated rings. The average Bonchev–Trinajstić information content (AvgIpc) is 3.18. The van der Waals surface area contributed by atoms with E-state index in [1.54, 1.807) is 6.07 Å².